The molecule has 0 radical (unpaired) electrons. The van der Waals surface area contributed by atoms with Crippen molar-refractivity contribution in [2.24, 2.45) is 0 Å². The fourth-order valence-corrected chi connectivity index (χ4v) is 12.3. The van der Waals surface area contributed by atoms with E-state index in [9.17, 15) is 48.6 Å². The predicted octanol–water partition coefficient (Wildman–Crippen LogP) is 11.3. The van der Waals surface area contributed by atoms with Crippen LogP contribution >= 0.6 is 0 Å². The summed E-state index contributed by atoms with van der Waals surface area (Å²) in [4.78, 5) is 115. The van der Waals surface area contributed by atoms with Crippen molar-refractivity contribution in [1.29, 1.82) is 0 Å². The number of hydrogen-bond donors (Lipinski definition) is 2. The van der Waals surface area contributed by atoms with E-state index in [2.05, 4.69) is 6.58 Å². The van der Waals surface area contributed by atoms with Gasteiger partial charge in [0.1, 0.15) is 49.8 Å². The number of allylic oxidation sites excluding steroid dienone is 1. The Bertz CT molecular complexity index is 4200. The molecule has 3 aliphatic rings. The summed E-state index contributed by atoms with van der Waals surface area (Å²) < 4.78 is 89.2. The van der Waals surface area contributed by atoms with E-state index in [4.69, 9.17) is 66.3 Å². The van der Waals surface area contributed by atoms with Crippen molar-refractivity contribution >= 4 is 47.8 Å². The van der Waals surface area contributed by atoms with E-state index < -0.39 is 160 Å². The summed E-state index contributed by atoms with van der Waals surface area (Å²) in [7, 11) is 0. The van der Waals surface area contributed by atoms with Crippen molar-refractivity contribution in [3.05, 3.63) is 300 Å². The van der Waals surface area contributed by atoms with E-state index in [0.717, 1.165) is 32.1 Å². The van der Waals surface area contributed by atoms with Gasteiger partial charge >= 0.3 is 47.8 Å². The summed E-state index contributed by atoms with van der Waals surface area (Å²) in [5.74, 6) is -7.73. The minimum atomic E-state index is -2.10. The molecule has 562 valence electrons. The highest BCUT2D eigenvalue weighted by atomic mass is 16.8. The van der Waals surface area contributed by atoms with Crippen molar-refractivity contribution < 1.29 is 115 Å². The SMILES string of the molecule is C=CCCCCCCCCOC1OC(COC2OC(COC(=O)c3ccccc3)C(OC(=O)c3ccccc3)C(OC(=O)c3ccccc3)C2OC(=O)c2ccccc2)C(O)C(OC2OC(COC(=O)c3ccccc3)C(OC(=O)c3ccccc3)C(OC(=O)c3ccccc3)C2OC(=O)c2ccccc2)C1O. The number of unbranched alkanes of at least 4 members (excludes halogenated alkanes) is 6. The van der Waals surface area contributed by atoms with Gasteiger partial charge in [-0.3, -0.25) is 0 Å². The van der Waals surface area contributed by atoms with Crippen molar-refractivity contribution in [2.75, 3.05) is 26.4 Å². The summed E-state index contributed by atoms with van der Waals surface area (Å²) in [6, 6.07) is 62.0. The largest absolute Gasteiger partial charge is 0.459 e. The second-order valence-corrected chi connectivity index (χ2v) is 25.5. The molecule has 0 saturated carbocycles. The molecule has 0 aliphatic carbocycles. The lowest BCUT2D eigenvalue weighted by atomic mass is 9.95. The van der Waals surface area contributed by atoms with Gasteiger partial charge in [-0.2, -0.15) is 0 Å². The number of ether oxygens (including phenoxy) is 14. The Hall–Kier alpha value is -11.1. The number of benzene rings is 8. The van der Waals surface area contributed by atoms with E-state index in [1.807, 2.05) is 6.08 Å². The highest BCUT2D eigenvalue weighted by molar-refractivity contribution is 5.93. The van der Waals surface area contributed by atoms with Crippen LogP contribution in [-0.2, 0) is 66.3 Å². The summed E-state index contributed by atoms with van der Waals surface area (Å²) in [5.41, 5.74) is 0.261. The maximum absolute atomic E-state index is 14.7. The van der Waals surface area contributed by atoms with Gasteiger partial charge in [-0.25, -0.2) is 38.4 Å². The third-order valence-corrected chi connectivity index (χ3v) is 17.9. The van der Waals surface area contributed by atoms with E-state index in [1.165, 1.54) is 97.1 Å². The average molecular weight is 1480 g/mol. The normalized spacial score (nSPS) is 23.7. The Kier molecular flexibility index (Phi) is 28.5. The van der Waals surface area contributed by atoms with E-state index in [1.54, 1.807) is 146 Å². The summed E-state index contributed by atoms with van der Waals surface area (Å²) in [6.45, 7) is 1.44. The number of hydrogen-bond acceptors (Lipinski definition) is 24. The number of aliphatic hydroxyl groups is 2. The second-order valence-electron chi connectivity index (χ2n) is 25.5. The van der Waals surface area contributed by atoms with Crippen LogP contribution in [-0.4, -0.2) is 177 Å². The Morgan fingerprint density at radius 1 is 0.296 bits per heavy atom. The molecule has 0 aromatic heterocycles. The second kappa shape index (κ2) is 39.5. The van der Waals surface area contributed by atoms with Crippen LogP contribution in [0.5, 0.6) is 0 Å². The molecule has 3 heterocycles. The smallest absolute Gasteiger partial charge is 0.338 e. The minimum Gasteiger partial charge on any atom is -0.459 e. The maximum Gasteiger partial charge on any atom is 0.338 e. The molecule has 24 nitrogen and oxygen atoms in total. The lowest BCUT2D eigenvalue weighted by Gasteiger charge is -2.48. The van der Waals surface area contributed by atoms with Crippen molar-refractivity contribution in [1.82, 2.24) is 0 Å². The number of aliphatic hydroxyl groups excluding tert-OH is 2. The van der Waals surface area contributed by atoms with Crippen LogP contribution in [0.25, 0.3) is 0 Å². The summed E-state index contributed by atoms with van der Waals surface area (Å²) >= 11 is 0. The fraction of sp³-hybridized carbons (Fsp3) is 0.310. The molecule has 15 atom stereocenters. The monoisotopic (exact) mass is 1470 g/mol. The molecule has 11 rings (SSSR count). The lowest BCUT2D eigenvalue weighted by Crippen LogP contribution is -2.67. The van der Waals surface area contributed by atoms with Crippen LogP contribution in [0.3, 0.4) is 0 Å². The number of rotatable bonds is 33. The van der Waals surface area contributed by atoms with Crippen LogP contribution in [0, 0.1) is 0 Å². The molecule has 2 N–H and O–H groups in total. The number of carbonyl (C=O) groups excluding carboxylic acids is 8. The topological polar surface area (TPSA) is 306 Å². The van der Waals surface area contributed by atoms with Crippen LogP contribution in [0.1, 0.15) is 128 Å². The third kappa shape index (κ3) is 21.2. The first kappa shape index (κ1) is 78.0. The first-order valence-corrected chi connectivity index (χ1v) is 35.5. The van der Waals surface area contributed by atoms with E-state index >= 15 is 0 Å². The number of esters is 8. The van der Waals surface area contributed by atoms with Gasteiger partial charge in [-0.15, -0.1) is 6.58 Å². The molecule has 8 aromatic rings. The van der Waals surface area contributed by atoms with Crippen molar-refractivity contribution in [3.8, 4) is 0 Å². The fourth-order valence-electron chi connectivity index (χ4n) is 12.3. The molecule has 108 heavy (non-hydrogen) atoms. The van der Waals surface area contributed by atoms with Crippen LogP contribution in [0.4, 0.5) is 0 Å². The number of carbonyl (C=O) groups is 8. The van der Waals surface area contributed by atoms with Crippen molar-refractivity contribution in [3.63, 3.8) is 0 Å². The first-order valence-electron chi connectivity index (χ1n) is 35.5. The van der Waals surface area contributed by atoms with Gasteiger partial charge in [0.15, 0.2) is 55.5 Å². The summed E-state index contributed by atoms with van der Waals surface area (Å²) in [5, 5.41) is 25.8. The zero-order valence-electron chi connectivity index (χ0n) is 58.7. The Morgan fingerprint density at radius 3 is 0.935 bits per heavy atom. The third-order valence-electron chi connectivity index (χ3n) is 17.9. The average Bonchev–Trinajstić information content (AvgIpc) is 0.773. The van der Waals surface area contributed by atoms with E-state index in [0.29, 0.717) is 12.8 Å². The van der Waals surface area contributed by atoms with Crippen molar-refractivity contribution in [2.45, 2.75) is 137 Å². The first-order chi connectivity index (χ1) is 52.7. The zero-order valence-corrected chi connectivity index (χ0v) is 58.7. The molecule has 3 fully saturated rings. The van der Waals surface area contributed by atoms with Gasteiger partial charge < -0.3 is 76.5 Å². The van der Waals surface area contributed by atoms with Gasteiger partial charge in [0.05, 0.1) is 51.1 Å². The quantitative estimate of drug-likeness (QED) is 0.0167. The predicted molar refractivity (Wildman–Crippen MR) is 385 cm³/mol. The maximum atomic E-state index is 14.7. The molecule has 8 aromatic carbocycles. The molecular formula is C84H82O24. The van der Waals surface area contributed by atoms with Crippen LogP contribution in [0.2, 0.25) is 0 Å². The molecule has 0 spiro atoms. The lowest BCUT2D eigenvalue weighted by molar-refractivity contribution is -0.364. The molecule has 24 heteroatoms. The standard InChI is InChI=1S/C84H82O24/c1-2-3-4-5-6-7-8-33-50-95-82-66(86)69(108-84-73(107-81(94)61-48-31-16-32-49-61)71(105-79(92)59-44-27-14-28-45-59)68(103-77(90)57-40-23-12-24-41-57)64(101-84)53-97-75(88)55-36-19-10-20-37-55)65(85)62(99-82)51-98-83-72(106-80(93)60-46-29-15-30-47-60)70(104-78(91)58-42-25-13-26-43-58)67(102-76(89)56-38-21-11-22-39-56)63(100-83)52-96-74(87)54-34-17-9-18-35-54/h2,9-32,34-49,62-73,82-86H,1,3-8,33,50-53H2. The van der Waals surface area contributed by atoms with Gasteiger partial charge in [0, 0.05) is 6.61 Å². The highest BCUT2D eigenvalue weighted by Gasteiger charge is 2.58. The molecule has 3 aliphatic heterocycles. The van der Waals surface area contributed by atoms with Crippen LogP contribution < -0.4 is 0 Å². The van der Waals surface area contributed by atoms with Gasteiger partial charge in [-0.1, -0.05) is 177 Å². The van der Waals surface area contributed by atoms with Crippen LogP contribution in [0.15, 0.2) is 255 Å². The molecular weight excluding hydrogens is 1390 g/mol. The van der Waals surface area contributed by atoms with E-state index in [-0.39, 0.29) is 51.1 Å². The summed E-state index contributed by atoms with van der Waals surface area (Å²) in [6.07, 6.45) is -20.8. The molecule has 0 amide bonds. The Labute approximate surface area is 623 Å². The van der Waals surface area contributed by atoms with Gasteiger partial charge in [0.25, 0.3) is 0 Å². The molecule has 3 saturated heterocycles. The van der Waals surface area contributed by atoms with Gasteiger partial charge in [-0.05, 0) is 116 Å². The Morgan fingerprint density at radius 2 is 0.583 bits per heavy atom. The molecule has 0 bridgehead atoms. The highest BCUT2D eigenvalue weighted by Crippen LogP contribution is 2.38. The minimum absolute atomic E-state index is 0.000793. The zero-order chi connectivity index (χ0) is 75.6. The Balaban J connectivity index is 0.984. The van der Waals surface area contributed by atoms with Gasteiger partial charge in [0.2, 0.25) is 0 Å². The molecule has 15 unspecified atom stereocenters.